The van der Waals surface area contributed by atoms with Gasteiger partial charge in [-0.25, -0.2) is 13.6 Å². The van der Waals surface area contributed by atoms with Gasteiger partial charge in [0.1, 0.15) is 35.3 Å². The topological polar surface area (TPSA) is 95.6 Å². The van der Waals surface area contributed by atoms with E-state index in [9.17, 15) is 15.3 Å². The first kappa shape index (κ1) is 29.9. The predicted molar refractivity (Wildman–Crippen MR) is 151 cm³/mol. The minimum absolute atomic E-state index is 0.0423. The molecule has 1 unspecified atom stereocenters. The number of carbonyl (C=O) groups is 1. The molecule has 0 amide bonds. The Morgan fingerprint density at radius 2 is 1.71 bits per heavy atom. The van der Waals surface area contributed by atoms with Crippen LogP contribution >= 0.6 is 23.2 Å². The molecule has 1 fully saturated rings. The molecule has 3 aromatic carbocycles. The lowest BCUT2D eigenvalue weighted by molar-refractivity contribution is -0.150. The third-order valence-electron chi connectivity index (χ3n) is 6.34. The number of nitriles is 2. The van der Waals surface area contributed by atoms with Crippen LogP contribution in [0.1, 0.15) is 37.8 Å². The molecule has 0 aromatic heterocycles. The van der Waals surface area contributed by atoms with Crippen molar-refractivity contribution in [3.63, 3.8) is 0 Å². The van der Waals surface area contributed by atoms with Crippen LogP contribution in [-0.4, -0.2) is 38.9 Å². The molecule has 0 N–H and O–H groups in total. The molecule has 1 aliphatic rings. The zero-order valence-corrected chi connectivity index (χ0v) is 24.2. The molecule has 3 aromatic rings. The molecule has 0 spiro atoms. The van der Waals surface area contributed by atoms with Crippen LogP contribution < -0.4 is 14.4 Å². The van der Waals surface area contributed by atoms with E-state index >= 15 is 8.78 Å². The monoisotopic (exact) mass is 599 g/mol. The number of halogens is 4. The Labute approximate surface area is 246 Å². The van der Waals surface area contributed by atoms with Crippen LogP contribution in [0, 0.1) is 34.3 Å². The van der Waals surface area contributed by atoms with E-state index in [1.165, 1.54) is 19.1 Å². The first-order valence-electron chi connectivity index (χ1n) is 12.7. The van der Waals surface area contributed by atoms with Gasteiger partial charge in [-0.2, -0.15) is 10.5 Å². The molecule has 11 heteroatoms. The van der Waals surface area contributed by atoms with E-state index in [0.29, 0.717) is 5.69 Å². The molecule has 1 aliphatic carbocycles. The van der Waals surface area contributed by atoms with Crippen LogP contribution in [0.5, 0.6) is 11.5 Å². The summed E-state index contributed by atoms with van der Waals surface area (Å²) in [6.07, 6.45) is 0.267. The molecule has 7 nitrogen and oxygen atoms in total. The molecule has 0 saturated heterocycles. The highest BCUT2D eigenvalue weighted by Crippen LogP contribution is 2.48. The number of hydrogen-bond acceptors (Lipinski definition) is 7. The first-order chi connectivity index (χ1) is 19.5. The predicted octanol–water partition coefficient (Wildman–Crippen LogP) is 7.29. The molecule has 1 atom stereocenters. The van der Waals surface area contributed by atoms with Gasteiger partial charge >= 0.3 is 5.97 Å². The number of ether oxygens (including phenoxy) is 3. The van der Waals surface area contributed by atoms with Gasteiger partial charge in [-0.1, -0.05) is 23.2 Å². The molecule has 41 heavy (non-hydrogen) atoms. The van der Waals surface area contributed by atoms with Gasteiger partial charge in [0.25, 0.3) is 0 Å². The van der Waals surface area contributed by atoms with Crippen molar-refractivity contribution >= 4 is 34.9 Å². The van der Waals surface area contributed by atoms with Gasteiger partial charge in [-0.05, 0) is 57.0 Å². The summed E-state index contributed by atoms with van der Waals surface area (Å²) in [5.41, 5.74) is 0.414. The summed E-state index contributed by atoms with van der Waals surface area (Å²) in [6, 6.07) is 10.2. The SMILES string of the molecule is CCOC(=O)C(C)Oc1c(-c2cc(N(C)C)c(C#N)cc2Cl)cc(F)c(-c2cc(OC3CC3)c(C#N)cc2F)c1Cl. The number of rotatable bonds is 9. The Morgan fingerprint density at radius 3 is 2.29 bits per heavy atom. The van der Waals surface area contributed by atoms with Crippen LogP contribution in [0.4, 0.5) is 14.5 Å². The van der Waals surface area contributed by atoms with E-state index in [1.807, 2.05) is 6.07 Å². The summed E-state index contributed by atoms with van der Waals surface area (Å²) in [7, 11) is 3.44. The van der Waals surface area contributed by atoms with Gasteiger partial charge in [-0.3, -0.25) is 0 Å². The van der Waals surface area contributed by atoms with Crippen molar-refractivity contribution in [1.29, 1.82) is 10.5 Å². The Bertz CT molecular complexity index is 1610. The fourth-order valence-electron chi connectivity index (χ4n) is 4.17. The highest BCUT2D eigenvalue weighted by Gasteiger charge is 2.30. The van der Waals surface area contributed by atoms with E-state index in [2.05, 4.69) is 6.07 Å². The zero-order chi connectivity index (χ0) is 30.0. The van der Waals surface area contributed by atoms with E-state index in [-0.39, 0.29) is 67.6 Å². The number of anilines is 1. The lowest BCUT2D eigenvalue weighted by Gasteiger charge is -2.22. The van der Waals surface area contributed by atoms with Crippen molar-refractivity contribution in [3.05, 3.63) is 63.1 Å². The average molecular weight is 600 g/mol. The molecule has 0 bridgehead atoms. The minimum Gasteiger partial charge on any atom is -0.489 e. The third-order valence-corrected chi connectivity index (χ3v) is 7.01. The maximum Gasteiger partial charge on any atom is 0.347 e. The quantitative estimate of drug-likeness (QED) is 0.238. The summed E-state index contributed by atoms with van der Waals surface area (Å²) in [5.74, 6) is -2.60. The van der Waals surface area contributed by atoms with Gasteiger partial charge in [0.2, 0.25) is 0 Å². The molecular formula is C30H25Cl2F2N3O4. The minimum atomic E-state index is -1.19. The van der Waals surface area contributed by atoms with E-state index in [1.54, 1.807) is 32.0 Å². The van der Waals surface area contributed by atoms with Crippen LogP contribution in [0.25, 0.3) is 22.3 Å². The molecule has 0 aliphatic heterocycles. The van der Waals surface area contributed by atoms with Gasteiger partial charge in [0.05, 0.1) is 39.6 Å². The van der Waals surface area contributed by atoms with Gasteiger partial charge in [0, 0.05) is 36.3 Å². The molecule has 0 radical (unpaired) electrons. The summed E-state index contributed by atoms with van der Waals surface area (Å²) in [5, 5.41) is 18.8. The van der Waals surface area contributed by atoms with E-state index in [0.717, 1.165) is 25.0 Å². The van der Waals surface area contributed by atoms with Gasteiger partial charge in [-0.15, -0.1) is 0 Å². The van der Waals surface area contributed by atoms with Crippen molar-refractivity contribution in [2.45, 2.75) is 38.9 Å². The van der Waals surface area contributed by atoms with Crippen molar-refractivity contribution in [2.75, 3.05) is 25.6 Å². The smallest absolute Gasteiger partial charge is 0.347 e. The van der Waals surface area contributed by atoms with Crippen molar-refractivity contribution in [3.8, 4) is 45.9 Å². The van der Waals surface area contributed by atoms with Crippen LogP contribution in [0.3, 0.4) is 0 Å². The number of hydrogen-bond donors (Lipinski definition) is 0. The normalized spacial score (nSPS) is 13.1. The second-order valence-electron chi connectivity index (χ2n) is 9.55. The Hall–Kier alpha value is -4.05. The summed E-state index contributed by atoms with van der Waals surface area (Å²) in [6.45, 7) is 3.15. The summed E-state index contributed by atoms with van der Waals surface area (Å²) >= 11 is 13.3. The van der Waals surface area contributed by atoms with Crippen molar-refractivity contribution < 1.29 is 27.8 Å². The Balaban J connectivity index is 1.98. The van der Waals surface area contributed by atoms with Gasteiger partial charge in [0.15, 0.2) is 6.10 Å². The number of carbonyl (C=O) groups excluding carboxylic acids is 1. The van der Waals surface area contributed by atoms with E-state index in [4.69, 9.17) is 37.4 Å². The first-order valence-corrected chi connectivity index (χ1v) is 13.4. The second kappa shape index (κ2) is 12.2. The molecule has 212 valence electrons. The van der Waals surface area contributed by atoms with Gasteiger partial charge < -0.3 is 19.1 Å². The average Bonchev–Trinajstić information content (AvgIpc) is 3.75. The number of esters is 1. The highest BCUT2D eigenvalue weighted by molar-refractivity contribution is 6.36. The largest absolute Gasteiger partial charge is 0.489 e. The summed E-state index contributed by atoms with van der Waals surface area (Å²) < 4.78 is 48.1. The molecule has 4 rings (SSSR count). The molecule has 0 heterocycles. The molecule has 1 saturated carbocycles. The lowest BCUT2D eigenvalue weighted by atomic mass is 9.95. The van der Waals surface area contributed by atoms with Crippen molar-refractivity contribution in [1.82, 2.24) is 0 Å². The zero-order valence-electron chi connectivity index (χ0n) is 22.6. The summed E-state index contributed by atoms with van der Waals surface area (Å²) in [4.78, 5) is 14.1. The Morgan fingerprint density at radius 1 is 1.02 bits per heavy atom. The van der Waals surface area contributed by atoms with Crippen molar-refractivity contribution in [2.24, 2.45) is 0 Å². The van der Waals surface area contributed by atoms with E-state index < -0.39 is 23.7 Å². The number of nitrogens with zero attached hydrogens (tertiary/aromatic N) is 3. The lowest BCUT2D eigenvalue weighted by Crippen LogP contribution is -2.26. The highest BCUT2D eigenvalue weighted by atomic mass is 35.5. The fraction of sp³-hybridized carbons (Fsp3) is 0.300. The number of benzene rings is 3. The van der Waals surface area contributed by atoms with Crippen LogP contribution in [-0.2, 0) is 9.53 Å². The fourth-order valence-corrected chi connectivity index (χ4v) is 4.77. The second-order valence-corrected chi connectivity index (χ2v) is 10.3. The maximum atomic E-state index is 16.0. The van der Waals surface area contributed by atoms with Crippen LogP contribution in [0.2, 0.25) is 10.0 Å². The third kappa shape index (κ3) is 6.17. The van der Waals surface area contributed by atoms with Crippen LogP contribution in [0.15, 0.2) is 30.3 Å². The molecular weight excluding hydrogens is 575 g/mol. The maximum absolute atomic E-state index is 16.0. The standard InChI is InChI=1S/C30H25Cl2F2N3O4/c1-5-39-30(38)15(2)40-29-20(19-11-25(37(3)4)16(13-35)8-22(19)31)10-24(34)27(28(29)32)21-12-26(41-18-6-7-18)17(14-36)9-23(21)33/h8-12,15,18H,5-7H2,1-4H3. The Kier molecular flexibility index (Phi) is 8.92.